The molecule has 0 saturated heterocycles. The van der Waals surface area contributed by atoms with Gasteiger partial charge in [-0.05, 0) is 42.2 Å². The van der Waals surface area contributed by atoms with Crippen LogP contribution in [-0.2, 0) is 12.8 Å². The van der Waals surface area contributed by atoms with Gasteiger partial charge in [-0.3, -0.25) is 0 Å². The van der Waals surface area contributed by atoms with E-state index in [0.717, 1.165) is 25.0 Å². The van der Waals surface area contributed by atoms with Crippen molar-refractivity contribution < 1.29 is 9.84 Å². The molecular formula is C16H16O2. The second-order valence-corrected chi connectivity index (χ2v) is 4.76. The van der Waals surface area contributed by atoms with E-state index in [4.69, 9.17) is 4.74 Å². The minimum absolute atomic E-state index is 0.240. The summed E-state index contributed by atoms with van der Waals surface area (Å²) < 4.78 is 6.00. The van der Waals surface area contributed by atoms with Gasteiger partial charge in [0.1, 0.15) is 17.6 Å². The lowest BCUT2D eigenvalue weighted by molar-refractivity contribution is 0.174. The highest BCUT2D eigenvalue weighted by molar-refractivity contribution is 5.35. The number of aromatic hydroxyl groups is 1. The maximum Gasteiger partial charge on any atom is 0.122 e. The van der Waals surface area contributed by atoms with Gasteiger partial charge in [0.2, 0.25) is 0 Å². The normalized spacial score (nSPS) is 17.9. The number of para-hydroxylation sites is 1. The summed E-state index contributed by atoms with van der Waals surface area (Å²) >= 11 is 0. The fourth-order valence-corrected chi connectivity index (χ4v) is 2.42. The monoisotopic (exact) mass is 240 g/mol. The molecule has 1 N–H and O–H groups in total. The highest BCUT2D eigenvalue weighted by Gasteiger charge is 2.19. The number of phenols is 1. The van der Waals surface area contributed by atoms with Gasteiger partial charge in [0.15, 0.2) is 0 Å². The van der Waals surface area contributed by atoms with E-state index in [1.54, 1.807) is 12.1 Å². The highest BCUT2D eigenvalue weighted by atomic mass is 16.5. The first-order chi connectivity index (χ1) is 8.81. The van der Waals surface area contributed by atoms with Crippen LogP contribution in [0, 0.1) is 0 Å². The lowest BCUT2D eigenvalue weighted by atomic mass is 9.98. The van der Waals surface area contributed by atoms with Gasteiger partial charge in [-0.15, -0.1) is 0 Å². The van der Waals surface area contributed by atoms with Crippen LogP contribution in [0.4, 0.5) is 0 Å². The fraction of sp³-hybridized carbons (Fsp3) is 0.250. The summed E-state index contributed by atoms with van der Waals surface area (Å²) in [4.78, 5) is 0. The Balaban J connectivity index is 1.71. The van der Waals surface area contributed by atoms with Crippen molar-refractivity contribution in [2.45, 2.75) is 25.4 Å². The Labute approximate surface area is 107 Å². The number of hydrogen-bond acceptors (Lipinski definition) is 2. The van der Waals surface area contributed by atoms with E-state index in [1.807, 2.05) is 24.3 Å². The van der Waals surface area contributed by atoms with Gasteiger partial charge < -0.3 is 9.84 Å². The van der Waals surface area contributed by atoms with Crippen LogP contribution in [0.3, 0.4) is 0 Å². The third-order valence-electron chi connectivity index (χ3n) is 3.40. The summed E-state index contributed by atoms with van der Waals surface area (Å²) in [6.45, 7) is 0. The summed E-state index contributed by atoms with van der Waals surface area (Å²) in [5, 5.41) is 9.26. The average Bonchev–Trinajstić information content (AvgIpc) is 2.41. The first-order valence-electron chi connectivity index (χ1n) is 6.34. The number of benzene rings is 2. The molecule has 0 aromatic heterocycles. The minimum Gasteiger partial charge on any atom is -0.508 e. The van der Waals surface area contributed by atoms with E-state index in [9.17, 15) is 5.11 Å². The lowest BCUT2D eigenvalue weighted by Crippen LogP contribution is -2.24. The Morgan fingerprint density at radius 3 is 2.67 bits per heavy atom. The van der Waals surface area contributed by atoms with Crippen molar-refractivity contribution in [2.75, 3.05) is 0 Å². The maximum absolute atomic E-state index is 9.26. The van der Waals surface area contributed by atoms with Crippen LogP contribution < -0.4 is 4.74 Å². The second kappa shape index (κ2) is 4.73. The summed E-state index contributed by atoms with van der Waals surface area (Å²) in [5.41, 5.74) is 2.51. The second-order valence-electron chi connectivity index (χ2n) is 4.76. The molecule has 18 heavy (non-hydrogen) atoms. The summed E-state index contributed by atoms with van der Waals surface area (Å²) in [6.07, 6.45) is 3.27. The molecule has 0 fully saturated rings. The number of rotatable bonds is 2. The SMILES string of the molecule is Oc1ccc(CC2CCc3ccccc3O2)cc1. The van der Waals surface area contributed by atoms with Gasteiger partial charge in [-0.1, -0.05) is 30.3 Å². The Kier molecular flexibility index (Phi) is 2.93. The molecule has 1 atom stereocenters. The molecular weight excluding hydrogens is 224 g/mol. The first kappa shape index (κ1) is 11.1. The Morgan fingerprint density at radius 1 is 1.06 bits per heavy atom. The molecule has 0 saturated carbocycles. The first-order valence-corrected chi connectivity index (χ1v) is 6.34. The molecule has 1 aliphatic heterocycles. The molecule has 0 radical (unpaired) electrons. The van der Waals surface area contributed by atoms with E-state index >= 15 is 0 Å². The zero-order valence-corrected chi connectivity index (χ0v) is 10.2. The van der Waals surface area contributed by atoms with Gasteiger partial charge in [-0.25, -0.2) is 0 Å². The molecule has 0 bridgehead atoms. The molecule has 0 amide bonds. The van der Waals surface area contributed by atoms with E-state index in [2.05, 4.69) is 12.1 Å². The molecule has 1 heterocycles. The zero-order valence-electron chi connectivity index (χ0n) is 10.2. The van der Waals surface area contributed by atoms with Gasteiger partial charge in [0, 0.05) is 6.42 Å². The number of fused-ring (bicyclic) bond motifs is 1. The number of hydrogen-bond donors (Lipinski definition) is 1. The van der Waals surface area contributed by atoms with E-state index in [1.165, 1.54) is 11.1 Å². The van der Waals surface area contributed by atoms with Gasteiger partial charge in [-0.2, -0.15) is 0 Å². The van der Waals surface area contributed by atoms with Gasteiger partial charge in [0.25, 0.3) is 0 Å². The van der Waals surface area contributed by atoms with Crippen LogP contribution in [0.2, 0.25) is 0 Å². The maximum atomic E-state index is 9.26. The van der Waals surface area contributed by atoms with Crippen LogP contribution >= 0.6 is 0 Å². The van der Waals surface area contributed by atoms with Crippen molar-refractivity contribution in [3.63, 3.8) is 0 Å². The predicted molar refractivity (Wildman–Crippen MR) is 71.0 cm³/mol. The third kappa shape index (κ3) is 2.33. The molecule has 3 rings (SSSR count). The summed E-state index contributed by atoms with van der Waals surface area (Å²) in [5.74, 6) is 1.33. The molecule has 2 nitrogen and oxygen atoms in total. The zero-order chi connectivity index (χ0) is 12.4. The predicted octanol–water partition coefficient (Wildman–Crippen LogP) is 3.33. The Hall–Kier alpha value is -1.96. The quantitative estimate of drug-likeness (QED) is 0.872. The lowest BCUT2D eigenvalue weighted by Gasteiger charge is -2.26. The van der Waals surface area contributed by atoms with E-state index in [-0.39, 0.29) is 6.10 Å². The summed E-state index contributed by atoms with van der Waals surface area (Å²) in [6, 6.07) is 15.6. The molecule has 1 aliphatic rings. The van der Waals surface area contributed by atoms with Crippen molar-refractivity contribution >= 4 is 0 Å². The van der Waals surface area contributed by atoms with Crippen LogP contribution in [0.25, 0.3) is 0 Å². The molecule has 0 spiro atoms. The molecule has 2 heteroatoms. The van der Waals surface area contributed by atoms with Crippen LogP contribution in [0.15, 0.2) is 48.5 Å². The summed E-state index contributed by atoms with van der Waals surface area (Å²) in [7, 11) is 0. The Bertz CT molecular complexity index is 531. The van der Waals surface area contributed by atoms with Gasteiger partial charge in [0.05, 0.1) is 0 Å². The third-order valence-corrected chi connectivity index (χ3v) is 3.40. The van der Waals surface area contributed by atoms with Gasteiger partial charge >= 0.3 is 0 Å². The Morgan fingerprint density at radius 2 is 1.83 bits per heavy atom. The number of ether oxygens (including phenoxy) is 1. The van der Waals surface area contributed by atoms with E-state index in [0.29, 0.717) is 5.75 Å². The van der Waals surface area contributed by atoms with Crippen molar-refractivity contribution in [1.82, 2.24) is 0 Å². The molecule has 2 aromatic carbocycles. The fourth-order valence-electron chi connectivity index (χ4n) is 2.42. The standard InChI is InChI=1S/C16H16O2/c17-14-8-5-12(6-9-14)11-15-10-7-13-3-1-2-4-16(13)18-15/h1-6,8-9,15,17H,7,10-11H2. The van der Waals surface area contributed by atoms with Crippen LogP contribution in [0.1, 0.15) is 17.5 Å². The topological polar surface area (TPSA) is 29.5 Å². The number of phenolic OH excluding ortho intramolecular Hbond substituents is 1. The molecule has 1 unspecified atom stereocenters. The molecule has 92 valence electrons. The molecule has 0 aliphatic carbocycles. The van der Waals surface area contributed by atoms with E-state index < -0.39 is 0 Å². The highest BCUT2D eigenvalue weighted by Crippen LogP contribution is 2.28. The largest absolute Gasteiger partial charge is 0.508 e. The smallest absolute Gasteiger partial charge is 0.122 e. The van der Waals surface area contributed by atoms with Crippen LogP contribution in [0.5, 0.6) is 11.5 Å². The molecule has 2 aromatic rings. The van der Waals surface area contributed by atoms with Crippen molar-refractivity contribution in [3.8, 4) is 11.5 Å². The average molecular weight is 240 g/mol. The van der Waals surface area contributed by atoms with Crippen molar-refractivity contribution in [1.29, 1.82) is 0 Å². The van der Waals surface area contributed by atoms with Crippen molar-refractivity contribution in [3.05, 3.63) is 59.7 Å². The van der Waals surface area contributed by atoms with Crippen LogP contribution in [-0.4, -0.2) is 11.2 Å². The minimum atomic E-state index is 0.240. The number of aryl methyl sites for hydroxylation is 1. The van der Waals surface area contributed by atoms with Crippen molar-refractivity contribution in [2.24, 2.45) is 0 Å².